The predicted molar refractivity (Wildman–Crippen MR) is 66.8 cm³/mol. The van der Waals surface area contributed by atoms with Crippen LogP contribution in [0, 0.1) is 11.6 Å². The van der Waals surface area contributed by atoms with Crippen molar-refractivity contribution >= 4 is 0 Å². The van der Waals surface area contributed by atoms with E-state index in [-0.39, 0.29) is 17.6 Å². The van der Waals surface area contributed by atoms with Gasteiger partial charge in [0.05, 0.1) is 0 Å². The monoisotopic (exact) mass is 241 g/mol. The molecule has 0 unspecified atom stereocenters. The molecule has 1 aromatic carbocycles. The van der Waals surface area contributed by atoms with Crippen LogP contribution < -0.4 is 5.32 Å². The van der Waals surface area contributed by atoms with E-state index < -0.39 is 11.6 Å². The Hall–Kier alpha value is -0.960. The summed E-state index contributed by atoms with van der Waals surface area (Å²) in [5.41, 5.74) is 0.113. The summed E-state index contributed by atoms with van der Waals surface area (Å²) >= 11 is 0. The van der Waals surface area contributed by atoms with E-state index in [1.54, 1.807) is 0 Å². The number of rotatable bonds is 6. The van der Waals surface area contributed by atoms with Crippen molar-refractivity contribution in [1.82, 2.24) is 5.32 Å². The lowest BCUT2D eigenvalue weighted by atomic mass is 9.89. The van der Waals surface area contributed by atoms with Gasteiger partial charge in [0.1, 0.15) is 11.6 Å². The molecule has 0 saturated carbocycles. The zero-order valence-electron chi connectivity index (χ0n) is 10.8. The minimum absolute atomic E-state index is 0.0191. The molecule has 0 fully saturated rings. The van der Waals surface area contributed by atoms with E-state index in [2.05, 4.69) is 26.1 Å². The largest absolute Gasteiger partial charge is 0.307 e. The first-order chi connectivity index (χ1) is 8.08. The average molecular weight is 241 g/mol. The van der Waals surface area contributed by atoms with Crippen LogP contribution >= 0.6 is 0 Å². The van der Waals surface area contributed by atoms with Crippen molar-refractivity contribution in [2.45, 2.75) is 52.1 Å². The van der Waals surface area contributed by atoms with Gasteiger partial charge in [-0.15, -0.1) is 0 Å². The Bertz CT molecular complexity index is 331. The summed E-state index contributed by atoms with van der Waals surface area (Å²) in [4.78, 5) is 0. The van der Waals surface area contributed by atoms with Gasteiger partial charge in [-0.3, -0.25) is 0 Å². The maximum absolute atomic E-state index is 13.5. The van der Waals surface area contributed by atoms with E-state index >= 15 is 0 Å². The highest BCUT2D eigenvalue weighted by atomic mass is 19.1. The fourth-order valence-corrected chi connectivity index (χ4v) is 2.10. The van der Waals surface area contributed by atoms with E-state index in [4.69, 9.17) is 0 Å². The van der Waals surface area contributed by atoms with E-state index in [0.29, 0.717) is 0 Å². The minimum atomic E-state index is -0.477. The molecule has 17 heavy (non-hydrogen) atoms. The number of nitrogens with one attached hydrogen (secondary N) is 1. The van der Waals surface area contributed by atoms with Crippen molar-refractivity contribution in [2.75, 3.05) is 0 Å². The molecule has 96 valence electrons. The van der Waals surface area contributed by atoms with Crippen molar-refractivity contribution < 1.29 is 8.78 Å². The maximum Gasteiger partial charge on any atom is 0.130 e. The van der Waals surface area contributed by atoms with Gasteiger partial charge in [-0.05, 0) is 31.4 Å². The lowest BCUT2D eigenvalue weighted by Crippen LogP contribution is -2.43. The molecule has 0 aromatic heterocycles. The molecule has 3 heteroatoms. The number of hydrogen-bond acceptors (Lipinski definition) is 1. The van der Waals surface area contributed by atoms with Crippen LogP contribution in [0.5, 0.6) is 0 Å². The molecular formula is C14H21F2N. The second kappa shape index (κ2) is 6.10. The lowest BCUT2D eigenvalue weighted by Gasteiger charge is -2.32. The predicted octanol–water partition coefficient (Wildman–Crippen LogP) is 4.02. The fraction of sp³-hybridized carbons (Fsp3) is 0.571. The molecule has 0 heterocycles. The van der Waals surface area contributed by atoms with Crippen LogP contribution in [0.4, 0.5) is 8.78 Å². The topological polar surface area (TPSA) is 12.0 Å². The molecule has 0 radical (unpaired) electrons. The standard InChI is InChI=1S/C14H21F2N/c1-4-14(5-2,6-3)17-10-11-12(15)8-7-9-13(11)16/h7-9,17H,4-6,10H2,1-3H3. The van der Waals surface area contributed by atoms with Gasteiger partial charge in [0.2, 0.25) is 0 Å². The van der Waals surface area contributed by atoms with Crippen LogP contribution in [-0.2, 0) is 6.54 Å². The number of benzene rings is 1. The molecule has 0 saturated heterocycles. The fourth-order valence-electron chi connectivity index (χ4n) is 2.10. The summed E-state index contributed by atoms with van der Waals surface area (Å²) in [7, 11) is 0. The van der Waals surface area contributed by atoms with Gasteiger partial charge in [-0.1, -0.05) is 26.8 Å². The Labute approximate surface area is 102 Å². The van der Waals surface area contributed by atoms with Gasteiger partial charge in [0.15, 0.2) is 0 Å². The average Bonchev–Trinajstić information content (AvgIpc) is 2.34. The van der Waals surface area contributed by atoms with Gasteiger partial charge < -0.3 is 5.32 Å². The summed E-state index contributed by atoms with van der Waals surface area (Å²) in [6.45, 7) is 6.53. The number of hydrogen-bond donors (Lipinski definition) is 1. The molecule has 0 atom stereocenters. The third kappa shape index (κ3) is 3.25. The van der Waals surface area contributed by atoms with Gasteiger partial charge in [0, 0.05) is 17.6 Å². The Balaban J connectivity index is 2.79. The van der Waals surface area contributed by atoms with Crippen molar-refractivity contribution in [3.05, 3.63) is 35.4 Å². The highest BCUT2D eigenvalue weighted by molar-refractivity contribution is 5.19. The zero-order chi connectivity index (χ0) is 12.9. The summed E-state index contributed by atoms with van der Waals surface area (Å²) in [6.07, 6.45) is 2.86. The van der Waals surface area contributed by atoms with Crippen LogP contribution in [0.15, 0.2) is 18.2 Å². The molecule has 1 aromatic rings. The Kier molecular flexibility index (Phi) is 5.06. The van der Waals surface area contributed by atoms with Crippen molar-refractivity contribution in [3.8, 4) is 0 Å². The Morgan fingerprint density at radius 3 is 1.88 bits per heavy atom. The molecule has 0 aliphatic heterocycles. The van der Waals surface area contributed by atoms with Crippen LogP contribution in [0.2, 0.25) is 0 Å². The van der Waals surface area contributed by atoms with Gasteiger partial charge >= 0.3 is 0 Å². The molecule has 0 bridgehead atoms. The first-order valence-electron chi connectivity index (χ1n) is 6.26. The molecule has 0 aliphatic rings. The Morgan fingerprint density at radius 2 is 1.47 bits per heavy atom. The highest BCUT2D eigenvalue weighted by Gasteiger charge is 2.23. The summed E-state index contributed by atoms with van der Waals surface area (Å²) in [5.74, 6) is -0.954. The minimum Gasteiger partial charge on any atom is -0.307 e. The summed E-state index contributed by atoms with van der Waals surface area (Å²) in [6, 6.07) is 3.98. The third-order valence-electron chi connectivity index (χ3n) is 3.73. The van der Waals surface area contributed by atoms with Crippen molar-refractivity contribution in [1.29, 1.82) is 0 Å². The van der Waals surface area contributed by atoms with Gasteiger partial charge in [-0.2, -0.15) is 0 Å². The van der Waals surface area contributed by atoms with Crippen LogP contribution in [0.25, 0.3) is 0 Å². The molecule has 0 spiro atoms. The van der Waals surface area contributed by atoms with E-state index in [1.165, 1.54) is 18.2 Å². The van der Waals surface area contributed by atoms with Crippen LogP contribution in [0.1, 0.15) is 45.6 Å². The second-order valence-corrected chi connectivity index (χ2v) is 4.39. The third-order valence-corrected chi connectivity index (χ3v) is 3.73. The van der Waals surface area contributed by atoms with Crippen molar-refractivity contribution in [3.63, 3.8) is 0 Å². The van der Waals surface area contributed by atoms with E-state index in [9.17, 15) is 8.78 Å². The first kappa shape index (κ1) is 14.1. The molecular weight excluding hydrogens is 220 g/mol. The Morgan fingerprint density at radius 1 is 1.00 bits per heavy atom. The normalized spacial score (nSPS) is 11.8. The van der Waals surface area contributed by atoms with E-state index in [0.717, 1.165) is 19.3 Å². The smallest absolute Gasteiger partial charge is 0.130 e. The molecule has 1 rings (SSSR count). The first-order valence-corrected chi connectivity index (χ1v) is 6.26. The van der Waals surface area contributed by atoms with Crippen LogP contribution in [-0.4, -0.2) is 5.54 Å². The SMILES string of the molecule is CCC(CC)(CC)NCc1c(F)cccc1F. The summed E-state index contributed by atoms with van der Waals surface area (Å²) in [5, 5.41) is 3.30. The molecule has 1 nitrogen and oxygen atoms in total. The molecule has 1 N–H and O–H groups in total. The lowest BCUT2D eigenvalue weighted by molar-refractivity contribution is 0.284. The second-order valence-electron chi connectivity index (χ2n) is 4.39. The van der Waals surface area contributed by atoms with Crippen LogP contribution in [0.3, 0.4) is 0 Å². The van der Waals surface area contributed by atoms with Crippen molar-refractivity contribution in [2.24, 2.45) is 0 Å². The zero-order valence-corrected chi connectivity index (χ0v) is 10.8. The van der Waals surface area contributed by atoms with Gasteiger partial charge in [0.25, 0.3) is 0 Å². The van der Waals surface area contributed by atoms with Gasteiger partial charge in [-0.25, -0.2) is 8.78 Å². The highest BCUT2D eigenvalue weighted by Crippen LogP contribution is 2.21. The number of halogens is 2. The molecule has 0 amide bonds. The molecule has 0 aliphatic carbocycles. The summed E-state index contributed by atoms with van der Waals surface area (Å²) < 4.78 is 26.9. The van der Waals surface area contributed by atoms with E-state index in [1.807, 2.05) is 0 Å². The maximum atomic E-state index is 13.5. The quantitative estimate of drug-likeness (QED) is 0.793.